The van der Waals surface area contributed by atoms with E-state index in [0.717, 1.165) is 25.2 Å². The Labute approximate surface area is 123 Å². The van der Waals surface area contributed by atoms with Gasteiger partial charge in [0.15, 0.2) is 5.13 Å². The maximum atomic E-state index is 12.0. The second kappa shape index (κ2) is 7.68. The molecular formula is C13H22N4O2S. The van der Waals surface area contributed by atoms with E-state index >= 15 is 0 Å². The number of nitrogens with zero attached hydrogens (tertiary/aromatic N) is 2. The average Bonchev–Trinajstić information content (AvgIpc) is 3.01. The minimum atomic E-state index is -0.0780. The number of anilines is 1. The Morgan fingerprint density at radius 1 is 1.70 bits per heavy atom. The fourth-order valence-corrected chi connectivity index (χ4v) is 3.08. The van der Waals surface area contributed by atoms with Crippen LogP contribution in [0.4, 0.5) is 5.13 Å². The van der Waals surface area contributed by atoms with Crippen molar-refractivity contribution in [2.24, 2.45) is 0 Å². The van der Waals surface area contributed by atoms with Crippen molar-refractivity contribution in [3.8, 4) is 0 Å². The zero-order valence-electron chi connectivity index (χ0n) is 11.8. The van der Waals surface area contributed by atoms with Crippen LogP contribution in [0.1, 0.15) is 18.5 Å². The zero-order valence-corrected chi connectivity index (χ0v) is 12.6. The van der Waals surface area contributed by atoms with E-state index in [-0.39, 0.29) is 19.1 Å². The van der Waals surface area contributed by atoms with Crippen molar-refractivity contribution in [2.45, 2.75) is 25.8 Å². The molecule has 1 fully saturated rings. The fourth-order valence-electron chi connectivity index (χ4n) is 2.37. The third-order valence-electron chi connectivity index (χ3n) is 3.29. The molecule has 1 aromatic rings. The highest BCUT2D eigenvalue weighted by atomic mass is 32.1. The molecule has 0 aliphatic carbocycles. The number of carbonyl (C=O) groups is 1. The standard InChI is InChI=1S/C13H22N4O2S/c1-10-9-20-13(15-10)16-12(19)8-17(5-6-18)7-11-3-2-4-14-11/h9,11,14,18H,2-8H2,1H3,(H,15,16,19). The number of hydrogen-bond donors (Lipinski definition) is 3. The largest absolute Gasteiger partial charge is 0.395 e. The number of thiazole rings is 1. The van der Waals surface area contributed by atoms with Gasteiger partial charge in [-0.1, -0.05) is 0 Å². The summed E-state index contributed by atoms with van der Waals surface area (Å²) in [6.45, 7) is 4.61. The minimum Gasteiger partial charge on any atom is -0.395 e. The molecule has 1 atom stereocenters. The lowest BCUT2D eigenvalue weighted by molar-refractivity contribution is -0.117. The first kappa shape index (κ1) is 15.4. The van der Waals surface area contributed by atoms with Crippen molar-refractivity contribution in [1.29, 1.82) is 0 Å². The number of carbonyl (C=O) groups excluding carboxylic acids is 1. The van der Waals surface area contributed by atoms with Crippen molar-refractivity contribution >= 4 is 22.4 Å². The number of aliphatic hydroxyl groups is 1. The highest BCUT2D eigenvalue weighted by Gasteiger charge is 2.19. The Morgan fingerprint density at radius 3 is 3.15 bits per heavy atom. The maximum absolute atomic E-state index is 12.0. The first-order valence-corrected chi connectivity index (χ1v) is 7.84. The van der Waals surface area contributed by atoms with Crippen molar-refractivity contribution in [1.82, 2.24) is 15.2 Å². The van der Waals surface area contributed by atoms with Crippen LogP contribution < -0.4 is 10.6 Å². The Kier molecular flexibility index (Phi) is 5.90. The third-order valence-corrected chi connectivity index (χ3v) is 4.17. The smallest absolute Gasteiger partial charge is 0.240 e. The van der Waals surface area contributed by atoms with Gasteiger partial charge in [-0.15, -0.1) is 11.3 Å². The SMILES string of the molecule is Cc1csc(NC(=O)CN(CCO)CC2CCCN2)n1. The number of nitrogens with one attached hydrogen (secondary N) is 2. The van der Waals surface area contributed by atoms with Gasteiger partial charge in [-0.3, -0.25) is 9.69 Å². The second-order valence-corrected chi connectivity index (χ2v) is 5.95. The highest BCUT2D eigenvalue weighted by molar-refractivity contribution is 7.13. The molecule has 0 bridgehead atoms. The molecule has 0 saturated carbocycles. The van der Waals surface area contributed by atoms with E-state index in [0.29, 0.717) is 17.7 Å². The summed E-state index contributed by atoms with van der Waals surface area (Å²) in [7, 11) is 0. The number of aliphatic hydroxyl groups excluding tert-OH is 1. The van der Waals surface area contributed by atoms with Gasteiger partial charge in [-0.25, -0.2) is 4.98 Å². The second-order valence-electron chi connectivity index (χ2n) is 5.09. The summed E-state index contributed by atoms with van der Waals surface area (Å²) < 4.78 is 0. The van der Waals surface area contributed by atoms with E-state index < -0.39 is 0 Å². The molecule has 112 valence electrons. The number of amides is 1. The molecule has 1 saturated heterocycles. The van der Waals surface area contributed by atoms with E-state index in [1.54, 1.807) is 0 Å². The zero-order chi connectivity index (χ0) is 14.4. The van der Waals surface area contributed by atoms with Gasteiger partial charge in [0.2, 0.25) is 5.91 Å². The molecule has 1 aliphatic heterocycles. The van der Waals surface area contributed by atoms with Crippen molar-refractivity contribution in [2.75, 3.05) is 38.1 Å². The summed E-state index contributed by atoms with van der Waals surface area (Å²) in [5.41, 5.74) is 0.910. The van der Waals surface area contributed by atoms with Gasteiger partial charge < -0.3 is 15.7 Å². The predicted molar refractivity (Wildman–Crippen MR) is 80.0 cm³/mol. The summed E-state index contributed by atoms with van der Waals surface area (Å²) in [6.07, 6.45) is 2.32. The van der Waals surface area contributed by atoms with E-state index in [1.807, 2.05) is 17.2 Å². The number of aromatic nitrogens is 1. The van der Waals surface area contributed by atoms with Crippen molar-refractivity contribution in [3.05, 3.63) is 11.1 Å². The van der Waals surface area contributed by atoms with Gasteiger partial charge >= 0.3 is 0 Å². The molecule has 0 aromatic carbocycles. The topological polar surface area (TPSA) is 77.5 Å². The lowest BCUT2D eigenvalue weighted by Crippen LogP contribution is -2.42. The van der Waals surface area contributed by atoms with Crippen molar-refractivity contribution < 1.29 is 9.90 Å². The summed E-state index contributed by atoms with van der Waals surface area (Å²) in [5.74, 6) is -0.0780. The van der Waals surface area contributed by atoms with Gasteiger partial charge in [0.25, 0.3) is 0 Å². The van der Waals surface area contributed by atoms with Gasteiger partial charge in [0.1, 0.15) is 0 Å². The minimum absolute atomic E-state index is 0.0658. The highest BCUT2D eigenvalue weighted by Crippen LogP contribution is 2.14. The Balaban J connectivity index is 1.81. The molecule has 0 radical (unpaired) electrons. The molecule has 1 unspecified atom stereocenters. The van der Waals surface area contributed by atoms with Crippen LogP contribution in [-0.2, 0) is 4.79 Å². The molecule has 1 aliphatic rings. The van der Waals surface area contributed by atoms with E-state index in [9.17, 15) is 4.79 Å². The van der Waals surface area contributed by atoms with Crippen LogP contribution in [0.5, 0.6) is 0 Å². The van der Waals surface area contributed by atoms with Crippen LogP contribution >= 0.6 is 11.3 Å². The Bertz CT molecular complexity index is 432. The van der Waals surface area contributed by atoms with Gasteiger partial charge in [-0.2, -0.15) is 0 Å². The summed E-state index contributed by atoms with van der Waals surface area (Å²) in [6, 6.07) is 0.427. The van der Waals surface area contributed by atoms with E-state index in [2.05, 4.69) is 15.6 Å². The maximum Gasteiger partial charge on any atom is 0.240 e. The van der Waals surface area contributed by atoms with Crippen molar-refractivity contribution in [3.63, 3.8) is 0 Å². The van der Waals surface area contributed by atoms with Crippen LogP contribution in [0.15, 0.2) is 5.38 Å². The fraction of sp³-hybridized carbons (Fsp3) is 0.692. The molecule has 6 nitrogen and oxygen atoms in total. The monoisotopic (exact) mass is 298 g/mol. The third kappa shape index (κ3) is 4.82. The predicted octanol–water partition coefficient (Wildman–Crippen LogP) is 0.436. The lowest BCUT2D eigenvalue weighted by atomic mass is 10.2. The van der Waals surface area contributed by atoms with Gasteiger partial charge in [0, 0.05) is 24.5 Å². The molecule has 1 amide bonds. The van der Waals surface area contributed by atoms with Gasteiger partial charge in [-0.05, 0) is 26.3 Å². The van der Waals surface area contributed by atoms with Crippen LogP contribution in [0.3, 0.4) is 0 Å². The summed E-state index contributed by atoms with van der Waals surface area (Å²) in [4.78, 5) is 18.2. The molecular weight excluding hydrogens is 276 g/mol. The summed E-state index contributed by atoms with van der Waals surface area (Å²) >= 11 is 1.43. The molecule has 3 N–H and O–H groups in total. The molecule has 0 spiro atoms. The van der Waals surface area contributed by atoms with Crippen LogP contribution in [0.25, 0.3) is 0 Å². The van der Waals surface area contributed by atoms with Crippen LogP contribution in [-0.4, -0.2) is 59.7 Å². The number of aryl methyl sites for hydroxylation is 1. The summed E-state index contributed by atoms with van der Waals surface area (Å²) in [5, 5.41) is 17.9. The lowest BCUT2D eigenvalue weighted by Gasteiger charge is -2.24. The Morgan fingerprint density at radius 2 is 2.55 bits per heavy atom. The van der Waals surface area contributed by atoms with E-state index in [4.69, 9.17) is 5.11 Å². The molecule has 1 aromatic heterocycles. The molecule has 2 rings (SSSR count). The first-order chi connectivity index (χ1) is 9.67. The van der Waals surface area contributed by atoms with Crippen LogP contribution in [0.2, 0.25) is 0 Å². The molecule has 2 heterocycles. The normalized spacial score (nSPS) is 18.6. The van der Waals surface area contributed by atoms with E-state index in [1.165, 1.54) is 17.8 Å². The van der Waals surface area contributed by atoms with Crippen LogP contribution in [0, 0.1) is 6.92 Å². The number of rotatable bonds is 7. The Hall–Kier alpha value is -1.02. The quantitative estimate of drug-likeness (QED) is 0.681. The average molecular weight is 298 g/mol. The number of hydrogen-bond acceptors (Lipinski definition) is 6. The first-order valence-electron chi connectivity index (χ1n) is 6.96. The molecule has 20 heavy (non-hydrogen) atoms. The molecule has 7 heteroatoms. The van der Waals surface area contributed by atoms with Gasteiger partial charge in [0.05, 0.1) is 18.8 Å².